The lowest BCUT2D eigenvalue weighted by atomic mass is 9.93. The van der Waals surface area contributed by atoms with Gasteiger partial charge < -0.3 is 10.1 Å². The summed E-state index contributed by atoms with van der Waals surface area (Å²) < 4.78 is 6.36. The largest absolute Gasteiger partial charge is 0.465 e. The van der Waals surface area contributed by atoms with Gasteiger partial charge in [0.05, 0.1) is 13.7 Å². The predicted molar refractivity (Wildman–Crippen MR) is 68.8 cm³/mol. The number of hydrogen-bond donors (Lipinski definition) is 1. The summed E-state index contributed by atoms with van der Waals surface area (Å²) in [7, 11) is 1.36. The lowest BCUT2D eigenvalue weighted by Crippen LogP contribution is -2.34. The summed E-state index contributed by atoms with van der Waals surface area (Å²) in [6, 6.07) is 4.04. The van der Waals surface area contributed by atoms with E-state index in [1.54, 1.807) is 22.8 Å². The minimum atomic E-state index is -0.392. The van der Waals surface area contributed by atoms with E-state index >= 15 is 0 Å². The molecule has 1 aliphatic carbocycles. The van der Waals surface area contributed by atoms with Gasteiger partial charge >= 0.3 is 5.97 Å². The molecule has 0 radical (unpaired) electrons. The van der Waals surface area contributed by atoms with Crippen LogP contribution in [0, 0.1) is 0 Å². The van der Waals surface area contributed by atoms with E-state index in [0.29, 0.717) is 29.6 Å². The van der Waals surface area contributed by atoms with Gasteiger partial charge in [0.1, 0.15) is 5.56 Å². The number of rotatable bonds is 4. The van der Waals surface area contributed by atoms with Crippen LogP contribution in [-0.4, -0.2) is 33.7 Å². The van der Waals surface area contributed by atoms with Gasteiger partial charge in [-0.15, -0.1) is 5.10 Å². The van der Waals surface area contributed by atoms with E-state index in [1.165, 1.54) is 26.4 Å². The van der Waals surface area contributed by atoms with Gasteiger partial charge in [-0.05, 0) is 25.0 Å². The van der Waals surface area contributed by atoms with Crippen molar-refractivity contribution in [2.75, 3.05) is 7.11 Å². The molecule has 3 rings (SSSR count). The summed E-state index contributed by atoms with van der Waals surface area (Å²) in [5, 5.41) is 7.76. The summed E-state index contributed by atoms with van der Waals surface area (Å²) in [6.07, 6.45) is 5.52. The first-order valence-electron chi connectivity index (χ1n) is 6.44. The molecule has 19 heavy (non-hydrogen) atoms. The number of fused-ring (bicyclic) bond motifs is 1. The summed E-state index contributed by atoms with van der Waals surface area (Å²) in [6.45, 7) is 0.632. The van der Waals surface area contributed by atoms with Crippen molar-refractivity contribution in [2.24, 2.45) is 0 Å². The summed E-state index contributed by atoms with van der Waals surface area (Å²) in [5.41, 5.74) is 0.979. The van der Waals surface area contributed by atoms with Crippen molar-refractivity contribution in [3.63, 3.8) is 0 Å². The Morgan fingerprint density at radius 1 is 1.58 bits per heavy atom. The number of carbonyl (C=O) groups is 1. The van der Waals surface area contributed by atoms with Crippen LogP contribution < -0.4 is 5.32 Å². The zero-order valence-electron chi connectivity index (χ0n) is 10.8. The highest BCUT2D eigenvalue weighted by molar-refractivity contribution is 5.95. The normalized spacial score (nSPS) is 15.4. The van der Waals surface area contributed by atoms with E-state index in [9.17, 15) is 4.79 Å². The van der Waals surface area contributed by atoms with Crippen molar-refractivity contribution in [1.82, 2.24) is 19.9 Å². The molecule has 0 aliphatic heterocycles. The number of pyridine rings is 1. The number of aromatic nitrogens is 3. The molecule has 0 aromatic carbocycles. The monoisotopic (exact) mass is 260 g/mol. The molecule has 0 spiro atoms. The van der Waals surface area contributed by atoms with E-state index in [0.717, 1.165) is 0 Å². The fourth-order valence-corrected chi connectivity index (χ4v) is 2.14. The molecule has 0 bridgehead atoms. The molecular formula is C13H16N4O2. The molecule has 0 amide bonds. The van der Waals surface area contributed by atoms with Crippen LogP contribution in [-0.2, 0) is 11.3 Å². The third-order valence-corrected chi connectivity index (χ3v) is 3.47. The van der Waals surface area contributed by atoms with Crippen LogP contribution in [0.15, 0.2) is 18.3 Å². The van der Waals surface area contributed by atoms with Crippen LogP contribution in [0.4, 0.5) is 0 Å². The fraction of sp³-hybridized carbons (Fsp3) is 0.462. The Morgan fingerprint density at radius 3 is 3.11 bits per heavy atom. The van der Waals surface area contributed by atoms with Gasteiger partial charge in [0, 0.05) is 12.2 Å². The van der Waals surface area contributed by atoms with E-state index < -0.39 is 5.97 Å². The van der Waals surface area contributed by atoms with Crippen molar-refractivity contribution in [2.45, 2.75) is 31.8 Å². The van der Waals surface area contributed by atoms with Crippen molar-refractivity contribution in [1.29, 1.82) is 0 Å². The molecule has 2 aromatic heterocycles. The number of methoxy groups -OCH3 is 1. The molecule has 100 valence electrons. The molecule has 2 aromatic rings. The van der Waals surface area contributed by atoms with Gasteiger partial charge in [0.25, 0.3) is 0 Å². The molecule has 1 fully saturated rings. The Balaban J connectivity index is 1.84. The third-order valence-electron chi connectivity index (χ3n) is 3.47. The second-order valence-corrected chi connectivity index (χ2v) is 4.72. The van der Waals surface area contributed by atoms with Crippen molar-refractivity contribution < 1.29 is 9.53 Å². The SMILES string of the molecule is COC(=O)c1cccn2nc(CNC3CCC3)nc12. The first-order chi connectivity index (χ1) is 9.28. The van der Waals surface area contributed by atoms with E-state index in [1.807, 2.05) is 0 Å². The van der Waals surface area contributed by atoms with Crippen molar-refractivity contribution in [3.05, 3.63) is 29.7 Å². The molecule has 0 atom stereocenters. The van der Waals surface area contributed by atoms with Crippen molar-refractivity contribution in [3.8, 4) is 0 Å². The molecule has 2 heterocycles. The van der Waals surface area contributed by atoms with Crippen LogP contribution >= 0.6 is 0 Å². The molecule has 6 heteroatoms. The second kappa shape index (κ2) is 4.97. The topological polar surface area (TPSA) is 68.5 Å². The van der Waals surface area contributed by atoms with Gasteiger partial charge in [0.15, 0.2) is 11.5 Å². The van der Waals surface area contributed by atoms with Crippen LogP contribution in [0.5, 0.6) is 0 Å². The van der Waals surface area contributed by atoms with Gasteiger partial charge in [-0.3, -0.25) is 0 Å². The number of nitrogens with zero attached hydrogens (tertiary/aromatic N) is 3. The first-order valence-corrected chi connectivity index (χ1v) is 6.44. The number of hydrogen-bond acceptors (Lipinski definition) is 5. The van der Waals surface area contributed by atoms with Crippen LogP contribution in [0.25, 0.3) is 5.65 Å². The molecule has 6 nitrogen and oxygen atoms in total. The summed E-state index contributed by atoms with van der Waals surface area (Å²) in [4.78, 5) is 16.0. The quantitative estimate of drug-likeness (QED) is 0.835. The molecular weight excluding hydrogens is 244 g/mol. The summed E-state index contributed by atoms with van der Waals surface area (Å²) >= 11 is 0. The zero-order valence-corrected chi connectivity index (χ0v) is 10.8. The van der Waals surface area contributed by atoms with Crippen molar-refractivity contribution >= 4 is 11.6 Å². The molecule has 0 saturated heterocycles. The molecule has 0 unspecified atom stereocenters. The minimum Gasteiger partial charge on any atom is -0.465 e. The minimum absolute atomic E-state index is 0.392. The number of nitrogens with one attached hydrogen (secondary N) is 1. The third kappa shape index (κ3) is 2.31. The molecule has 1 aliphatic rings. The number of ether oxygens (including phenoxy) is 1. The van der Waals surface area contributed by atoms with E-state index in [4.69, 9.17) is 4.74 Å². The highest BCUT2D eigenvalue weighted by atomic mass is 16.5. The predicted octanol–water partition coefficient (Wildman–Crippen LogP) is 1.16. The first kappa shape index (κ1) is 12.1. The average molecular weight is 260 g/mol. The van der Waals surface area contributed by atoms with E-state index in [-0.39, 0.29) is 0 Å². The Labute approximate surface area is 110 Å². The Bertz CT molecular complexity index is 604. The van der Waals surface area contributed by atoms with Crippen LogP contribution in [0.2, 0.25) is 0 Å². The maximum atomic E-state index is 11.6. The Morgan fingerprint density at radius 2 is 2.42 bits per heavy atom. The standard InChI is InChI=1S/C13H16N4O2/c1-19-13(18)10-6-3-7-17-12(10)15-11(16-17)8-14-9-4-2-5-9/h3,6-7,9,14H,2,4-5,8H2,1H3. The summed E-state index contributed by atoms with van der Waals surface area (Å²) in [5.74, 6) is 0.305. The molecule has 1 N–H and O–H groups in total. The van der Waals surface area contributed by atoms with Gasteiger partial charge in [0.2, 0.25) is 0 Å². The maximum Gasteiger partial charge on any atom is 0.341 e. The molecule has 1 saturated carbocycles. The average Bonchev–Trinajstić information content (AvgIpc) is 2.78. The lowest BCUT2D eigenvalue weighted by molar-refractivity contribution is 0.0602. The van der Waals surface area contributed by atoms with Gasteiger partial charge in [-0.1, -0.05) is 6.42 Å². The van der Waals surface area contributed by atoms with Gasteiger partial charge in [-0.2, -0.15) is 0 Å². The second-order valence-electron chi connectivity index (χ2n) is 4.72. The Kier molecular flexibility index (Phi) is 3.16. The highest BCUT2D eigenvalue weighted by Gasteiger charge is 2.18. The fourth-order valence-electron chi connectivity index (χ4n) is 2.14. The number of esters is 1. The van der Waals surface area contributed by atoms with Crippen LogP contribution in [0.3, 0.4) is 0 Å². The zero-order chi connectivity index (χ0) is 13.2. The van der Waals surface area contributed by atoms with Gasteiger partial charge in [-0.25, -0.2) is 14.3 Å². The van der Waals surface area contributed by atoms with Crippen LogP contribution in [0.1, 0.15) is 35.4 Å². The Hall–Kier alpha value is -1.95. The number of carbonyl (C=O) groups excluding carboxylic acids is 1. The smallest absolute Gasteiger partial charge is 0.341 e. The maximum absolute atomic E-state index is 11.6. The van der Waals surface area contributed by atoms with E-state index in [2.05, 4.69) is 15.4 Å². The highest BCUT2D eigenvalue weighted by Crippen LogP contribution is 2.18. The lowest BCUT2D eigenvalue weighted by Gasteiger charge is -2.25.